The SMILES string of the molecule is COc1ccc(C(O)C(C)N2CC(C)OC(C)C2)cc1. The van der Waals surface area contributed by atoms with Crippen LogP contribution < -0.4 is 4.74 Å². The summed E-state index contributed by atoms with van der Waals surface area (Å²) in [5, 5.41) is 10.6. The van der Waals surface area contributed by atoms with Crippen LogP contribution in [-0.4, -0.2) is 48.5 Å². The van der Waals surface area contributed by atoms with E-state index < -0.39 is 6.10 Å². The van der Waals surface area contributed by atoms with E-state index in [-0.39, 0.29) is 18.2 Å². The molecule has 0 aliphatic carbocycles. The number of morpholine rings is 1. The van der Waals surface area contributed by atoms with Gasteiger partial charge in [0.1, 0.15) is 5.75 Å². The second kappa shape index (κ2) is 6.57. The molecule has 4 nitrogen and oxygen atoms in total. The predicted molar refractivity (Wildman–Crippen MR) is 79.0 cm³/mol. The van der Waals surface area contributed by atoms with Crippen LogP contribution in [0.15, 0.2) is 24.3 Å². The summed E-state index contributed by atoms with van der Waals surface area (Å²) >= 11 is 0. The first-order chi connectivity index (χ1) is 9.51. The fraction of sp³-hybridized carbons (Fsp3) is 0.625. The van der Waals surface area contributed by atoms with Crippen LogP contribution in [0.1, 0.15) is 32.4 Å². The van der Waals surface area contributed by atoms with E-state index in [1.54, 1.807) is 7.11 Å². The Kier molecular flexibility index (Phi) is 5.02. The number of hydrogen-bond donors (Lipinski definition) is 1. The number of hydrogen-bond acceptors (Lipinski definition) is 4. The zero-order valence-electron chi connectivity index (χ0n) is 12.7. The normalized spacial score (nSPS) is 27.1. The van der Waals surface area contributed by atoms with E-state index in [1.807, 2.05) is 24.3 Å². The summed E-state index contributed by atoms with van der Waals surface area (Å²) in [6.07, 6.45) is -0.0769. The molecule has 1 saturated heterocycles. The number of aliphatic hydroxyl groups excluding tert-OH is 1. The van der Waals surface area contributed by atoms with Crippen LogP contribution in [0.2, 0.25) is 0 Å². The van der Waals surface area contributed by atoms with Crippen LogP contribution >= 0.6 is 0 Å². The molecule has 0 saturated carbocycles. The van der Waals surface area contributed by atoms with Crippen LogP contribution in [0.5, 0.6) is 5.75 Å². The molecule has 1 aromatic rings. The molecule has 20 heavy (non-hydrogen) atoms. The Morgan fingerprint density at radius 3 is 2.25 bits per heavy atom. The molecule has 4 unspecified atom stereocenters. The lowest BCUT2D eigenvalue weighted by molar-refractivity contribution is -0.0931. The molecule has 1 aromatic carbocycles. The van der Waals surface area contributed by atoms with Crippen molar-refractivity contribution >= 4 is 0 Å². The third kappa shape index (κ3) is 3.51. The van der Waals surface area contributed by atoms with Crippen molar-refractivity contribution < 1.29 is 14.6 Å². The predicted octanol–water partition coefficient (Wildman–Crippen LogP) is 2.23. The molecule has 1 N–H and O–H groups in total. The van der Waals surface area contributed by atoms with Gasteiger partial charge in [-0.1, -0.05) is 12.1 Å². The van der Waals surface area contributed by atoms with Crippen LogP contribution in [0.3, 0.4) is 0 Å². The minimum Gasteiger partial charge on any atom is -0.497 e. The van der Waals surface area contributed by atoms with Crippen molar-refractivity contribution in [2.75, 3.05) is 20.2 Å². The second-order valence-electron chi connectivity index (χ2n) is 5.67. The lowest BCUT2D eigenvalue weighted by Crippen LogP contribution is -2.50. The van der Waals surface area contributed by atoms with Gasteiger partial charge in [0.25, 0.3) is 0 Å². The Hall–Kier alpha value is -1.10. The molecule has 0 aromatic heterocycles. The number of nitrogens with zero attached hydrogens (tertiary/aromatic N) is 1. The molecule has 0 bridgehead atoms. The minimum atomic E-state index is -0.501. The molecule has 112 valence electrons. The van der Waals surface area contributed by atoms with Gasteiger partial charge in [-0.3, -0.25) is 4.90 Å². The monoisotopic (exact) mass is 279 g/mol. The number of rotatable bonds is 4. The van der Waals surface area contributed by atoms with E-state index in [0.717, 1.165) is 24.4 Å². The van der Waals surface area contributed by atoms with Crippen LogP contribution in [0.25, 0.3) is 0 Å². The first-order valence-corrected chi connectivity index (χ1v) is 7.22. The molecule has 0 spiro atoms. The second-order valence-corrected chi connectivity index (χ2v) is 5.67. The Morgan fingerprint density at radius 2 is 1.75 bits per heavy atom. The van der Waals surface area contributed by atoms with Gasteiger partial charge in [-0.2, -0.15) is 0 Å². The highest BCUT2D eigenvalue weighted by Gasteiger charge is 2.29. The molecule has 1 aliphatic rings. The fourth-order valence-corrected chi connectivity index (χ4v) is 2.83. The van der Waals surface area contributed by atoms with Crippen molar-refractivity contribution in [1.29, 1.82) is 0 Å². The number of ether oxygens (including phenoxy) is 2. The average Bonchev–Trinajstić information content (AvgIpc) is 2.45. The summed E-state index contributed by atoms with van der Waals surface area (Å²) in [6.45, 7) is 7.95. The molecule has 0 amide bonds. The number of methoxy groups -OCH3 is 1. The van der Waals surface area contributed by atoms with E-state index in [9.17, 15) is 5.11 Å². The molecule has 1 heterocycles. The van der Waals surface area contributed by atoms with Gasteiger partial charge in [-0.15, -0.1) is 0 Å². The van der Waals surface area contributed by atoms with Crippen molar-refractivity contribution in [1.82, 2.24) is 4.90 Å². The van der Waals surface area contributed by atoms with E-state index >= 15 is 0 Å². The van der Waals surface area contributed by atoms with Crippen molar-refractivity contribution in [3.8, 4) is 5.75 Å². The largest absolute Gasteiger partial charge is 0.497 e. The van der Waals surface area contributed by atoms with E-state index in [0.29, 0.717) is 0 Å². The lowest BCUT2D eigenvalue weighted by Gasteiger charge is -2.40. The summed E-state index contributed by atoms with van der Waals surface area (Å²) in [5.74, 6) is 0.808. The summed E-state index contributed by atoms with van der Waals surface area (Å²) in [6, 6.07) is 7.68. The third-order valence-corrected chi connectivity index (χ3v) is 3.94. The van der Waals surface area contributed by atoms with E-state index in [2.05, 4.69) is 25.7 Å². The quantitative estimate of drug-likeness (QED) is 0.917. The highest BCUT2D eigenvalue weighted by atomic mass is 16.5. The third-order valence-electron chi connectivity index (χ3n) is 3.94. The molecule has 0 radical (unpaired) electrons. The molecule has 1 aliphatic heterocycles. The summed E-state index contributed by atoms with van der Waals surface area (Å²) in [7, 11) is 1.64. The van der Waals surface area contributed by atoms with E-state index in [1.165, 1.54) is 0 Å². The van der Waals surface area contributed by atoms with E-state index in [4.69, 9.17) is 9.47 Å². The number of aliphatic hydroxyl groups is 1. The van der Waals surface area contributed by atoms with Gasteiger partial charge in [-0.05, 0) is 38.5 Å². The van der Waals surface area contributed by atoms with Gasteiger partial charge in [-0.25, -0.2) is 0 Å². The zero-order valence-corrected chi connectivity index (χ0v) is 12.7. The number of benzene rings is 1. The van der Waals surface area contributed by atoms with Gasteiger partial charge in [0.2, 0.25) is 0 Å². The lowest BCUT2D eigenvalue weighted by atomic mass is 10.0. The molecule has 1 fully saturated rings. The molecular weight excluding hydrogens is 254 g/mol. The summed E-state index contributed by atoms with van der Waals surface area (Å²) in [4.78, 5) is 2.30. The zero-order chi connectivity index (χ0) is 14.7. The first kappa shape index (κ1) is 15.3. The average molecular weight is 279 g/mol. The van der Waals surface area contributed by atoms with Crippen molar-refractivity contribution in [3.63, 3.8) is 0 Å². The Labute approximate surface area is 121 Å². The maximum Gasteiger partial charge on any atom is 0.118 e. The standard InChI is InChI=1S/C16H25NO3/c1-11-9-17(10-12(2)20-11)13(3)16(18)14-5-7-15(19-4)8-6-14/h5-8,11-13,16,18H,9-10H2,1-4H3. The minimum absolute atomic E-state index is 0.0668. The highest BCUT2D eigenvalue weighted by molar-refractivity contribution is 5.29. The summed E-state index contributed by atoms with van der Waals surface area (Å²) in [5.41, 5.74) is 0.921. The van der Waals surface area contributed by atoms with Crippen LogP contribution in [-0.2, 0) is 4.74 Å². The molecule has 4 heteroatoms. The van der Waals surface area contributed by atoms with Gasteiger partial charge >= 0.3 is 0 Å². The molecule has 4 atom stereocenters. The van der Waals surface area contributed by atoms with Crippen molar-refractivity contribution in [2.45, 2.75) is 45.1 Å². The molecular formula is C16H25NO3. The van der Waals surface area contributed by atoms with Crippen LogP contribution in [0.4, 0.5) is 0 Å². The van der Waals surface area contributed by atoms with Gasteiger partial charge < -0.3 is 14.6 Å². The Morgan fingerprint density at radius 1 is 1.20 bits per heavy atom. The van der Waals surface area contributed by atoms with Gasteiger partial charge in [0.15, 0.2) is 0 Å². The highest BCUT2D eigenvalue weighted by Crippen LogP contribution is 2.25. The van der Waals surface area contributed by atoms with Crippen LogP contribution in [0, 0.1) is 0 Å². The summed E-state index contributed by atoms with van der Waals surface area (Å²) < 4.78 is 10.9. The topological polar surface area (TPSA) is 41.9 Å². The Bertz CT molecular complexity index is 410. The maximum absolute atomic E-state index is 10.6. The first-order valence-electron chi connectivity index (χ1n) is 7.22. The smallest absolute Gasteiger partial charge is 0.118 e. The van der Waals surface area contributed by atoms with Gasteiger partial charge in [0.05, 0.1) is 25.4 Å². The Balaban J connectivity index is 2.04. The molecule has 2 rings (SSSR count). The van der Waals surface area contributed by atoms with Crippen molar-refractivity contribution in [2.24, 2.45) is 0 Å². The van der Waals surface area contributed by atoms with Gasteiger partial charge in [0, 0.05) is 19.1 Å². The van der Waals surface area contributed by atoms with Crippen molar-refractivity contribution in [3.05, 3.63) is 29.8 Å². The fourth-order valence-electron chi connectivity index (χ4n) is 2.83. The maximum atomic E-state index is 10.6.